The third kappa shape index (κ3) is 4.98. The summed E-state index contributed by atoms with van der Waals surface area (Å²) < 4.78 is 5.10. The Hall–Kier alpha value is -2.57. The molecule has 0 heterocycles. The molecule has 1 aromatic carbocycles. The largest absolute Gasteiger partial charge is 0.484 e. The van der Waals surface area contributed by atoms with E-state index in [0.717, 1.165) is 0 Å². The van der Waals surface area contributed by atoms with E-state index in [9.17, 15) is 19.5 Å². The fourth-order valence-corrected chi connectivity index (χ4v) is 2.09. The van der Waals surface area contributed by atoms with Crippen LogP contribution >= 0.6 is 0 Å². The van der Waals surface area contributed by atoms with Crippen LogP contribution in [0.25, 0.3) is 0 Å². The number of amides is 2. The maximum Gasteiger partial charge on any atom is 0.311 e. The molecular formula is C16H22N2O5. The normalized spacial score (nSPS) is 10.9. The number of hydrogen-bond donors (Lipinski definition) is 3. The molecule has 23 heavy (non-hydrogen) atoms. The first-order valence-electron chi connectivity index (χ1n) is 7.37. The first-order valence-corrected chi connectivity index (χ1v) is 7.37. The first-order chi connectivity index (χ1) is 10.8. The molecule has 2 amide bonds. The molecule has 7 nitrogen and oxygen atoms in total. The molecule has 126 valence electrons. The minimum Gasteiger partial charge on any atom is -0.484 e. The lowest BCUT2D eigenvalue weighted by Crippen LogP contribution is -2.42. The van der Waals surface area contributed by atoms with Gasteiger partial charge in [0.15, 0.2) is 6.61 Å². The van der Waals surface area contributed by atoms with Gasteiger partial charge in [-0.1, -0.05) is 13.8 Å². The van der Waals surface area contributed by atoms with Gasteiger partial charge in [0, 0.05) is 12.1 Å². The third-order valence-corrected chi connectivity index (χ3v) is 3.89. The van der Waals surface area contributed by atoms with E-state index in [1.54, 1.807) is 26.0 Å². The highest BCUT2D eigenvalue weighted by atomic mass is 16.5. The SMILES string of the molecule is CCC(CC)(CNC(=O)c1ccc(OCC(N)=O)cc1)C(=O)O. The molecule has 0 fully saturated rings. The highest BCUT2D eigenvalue weighted by molar-refractivity contribution is 5.94. The van der Waals surface area contributed by atoms with Crippen LogP contribution in [0, 0.1) is 5.41 Å². The molecule has 0 aromatic heterocycles. The molecule has 0 spiro atoms. The Morgan fingerprint density at radius 1 is 1.17 bits per heavy atom. The predicted octanol–water partition coefficient (Wildman–Crippen LogP) is 1.17. The minimum atomic E-state index is -0.958. The van der Waals surface area contributed by atoms with Crippen molar-refractivity contribution in [3.63, 3.8) is 0 Å². The molecule has 1 aromatic rings. The van der Waals surface area contributed by atoms with Crippen molar-refractivity contribution < 1.29 is 24.2 Å². The summed E-state index contributed by atoms with van der Waals surface area (Å²) in [4.78, 5) is 34.1. The Morgan fingerprint density at radius 2 is 1.74 bits per heavy atom. The summed E-state index contributed by atoms with van der Waals surface area (Å²) in [6.45, 7) is 3.40. The molecule has 0 aliphatic carbocycles. The number of hydrogen-bond acceptors (Lipinski definition) is 4. The minimum absolute atomic E-state index is 0.0636. The van der Waals surface area contributed by atoms with Crippen LogP contribution in [0.3, 0.4) is 0 Å². The number of rotatable bonds is 9. The van der Waals surface area contributed by atoms with Crippen molar-refractivity contribution in [1.29, 1.82) is 0 Å². The Balaban J connectivity index is 2.67. The summed E-state index contributed by atoms with van der Waals surface area (Å²) in [7, 11) is 0. The number of carbonyl (C=O) groups is 3. The zero-order valence-corrected chi connectivity index (χ0v) is 13.3. The lowest BCUT2D eigenvalue weighted by atomic mass is 9.82. The summed E-state index contributed by atoms with van der Waals surface area (Å²) in [5, 5.41) is 12.0. The summed E-state index contributed by atoms with van der Waals surface area (Å²) in [5.74, 6) is -1.45. The Bertz CT molecular complexity index is 564. The maximum absolute atomic E-state index is 12.1. The van der Waals surface area contributed by atoms with Crippen molar-refractivity contribution in [3.05, 3.63) is 29.8 Å². The average molecular weight is 322 g/mol. The molecule has 0 aliphatic heterocycles. The molecule has 0 saturated heterocycles. The van der Waals surface area contributed by atoms with Crippen LogP contribution in [-0.4, -0.2) is 36.0 Å². The van der Waals surface area contributed by atoms with Crippen LogP contribution in [-0.2, 0) is 9.59 Å². The van der Waals surface area contributed by atoms with E-state index >= 15 is 0 Å². The quantitative estimate of drug-likeness (QED) is 0.630. The molecule has 7 heteroatoms. The number of aliphatic carboxylic acids is 1. The zero-order valence-electron chi connectivity index (χ0n) is 13.3. The number of ether oxygens (including phenoxy) is 1. The van der Waals surface area contributed by atoms with E-state index in [4.69, 9.17) is 10.5 Å². The summed E-state index contributed by atoms with van der Waals surface area (Å²) >= 11 is 0. The van der Waals surface area contributed by atoms with E-state index in [-0.39, 0.29) is 19.1 Å². The first kappa shape index (κ1) is 18.5. The molecular weight excluding hydrogens is 300 g/mol. The van der Waals surface area contributed by atoms with Crippen LogP contribution in [0.4, 0.5) is 0 Å². The van der Waals surface area contributed by atoms with Gasteiger partial charge in [-0.15, -0.1) is 0 Å². The van der Waals surface area contributed by atoms with E-state index in [1.165, 1.54) is 12.1 Å². The number of nitrogens with two attached hydrogens (primary N) is 1. The molecule has 0 bridgehead atoms. The molecule has 4 N–H and O–H groups in total. The predicted molar refractivity (Wildman–Crippen MR) is 84.1 cm³/mol. The Labute approximate surface area is 134 Å². The van der Waals surface area contributed by atoms with Gasteiger partial charge in [0.25, 0.3) is 11.8 Å². The summed E-state index contributed by atoms with van der Waals surface area (Å²) in [5.41, 5.74) is 4.39. The van der Waals surface area contributed by atoms with Gasteiger partial charge in [-0.25, -0.2) is 0 Å². The maximum atomic E-state index is 12.1. The van der Waals surface area contributed by atoms with Crippen molar-refractivity contribution in [2.24, 2.45) is 11.1 Å². The zero-order chi connectivity index (χ0) is 17.5. The lowest BCUT2D eigenvalue weighted by Gasteiger charge is -2.26. The third-order valence-electron chi connectivity index (χ3n) is 3.89. The average Bonchev–Trinajstić information content (AvgIpc) is 2.54. The lowest BCUT2D eigenvalue weighted by molar-refractivity contribution is -0.149. The van der Waals surface area contributed by atoms with Crippen LogP contribution < -0.4 is 15.8 Å². The van der Waals surface area contributed by atoms with E-state index in [2.05, 4.69) is 5.32 Å². The molecule has 0 aliphatic rings. The van der Waals surface area contributed by atoms with Gasteiger partial charge < -0.3 is 20.9 Å². The van der Waals surface area contributed by atoms with Gasteiger partial charge in [0.1, 0.15) is 5.75 Å². The van der Waals surface area contributed by atoms with Crippen molar-refractivity contribution in [2.75, 3.05) is 13.2 Å². The van der Waals surface area contributed by atoms with Gasteiger partial charge in [0.2, 0.25) is 0 Å². The molecule has 0 atom stereocenters. The van der Waals surface area contributed by atoms with Crippen molar-refractivity contribution in [1.82, 2.24) is 5.32 Å². The van der Waals surface area contributed by atoms with E-state index in [0.29, 0.717) is 24.2 Å². The second-order valence-corrected chi connectivity index (χ2v) is 5.25. The number of carboxylic acids is 1. The number of carboxylic acid groups (broad SMARTS) is 1. The fourth-order valence-electron chi connectivity index (χ4n) is 2.09. The van der Waals surface area contributed by atoms with Gasteiger partial charge in [-0.05, 0) is 37.1 Å². The monoisotopic (exact) mass is 322 g/mol. The highest BCUT2D eigenvalue weighted by Crippen LogP contribution is 2.25. The van der Waals surface area contributed by atoms with Gasteiger partial charge >= 0.3 is 5.97 Å². The van der Waals surface area contributed by atoms with Crippen LogP contribution in [0.1, 0.15) is 37.0 Å². The number of benzene rings is 1. The Morgan fingerprint density at radius 3 is 2.17 bits per heavy atom. The number of carbonyl (C=O) groups excluding carboxylic acids is 2. The van der Waals surface area contributed by atoms with Gasteiger partial charge in [-0.2, -0.15) is 0 Å². The second kappa shape index (κ2) is 8.17. The fraction of sp³-hybridized carbons (Fsp3) is 0.438. The summed E-state index contributed by atoms with van der Waals surface area (Å²) in [6, 6.07) is 6.15. The highest BCUT2D eigenvalue weighted by Gasteiger charge is 2.35. The topological polar surface area (TPSA) is 119 Å². The van der Waals surface area contributed by atoms with E-state index in [1.807, 2.05) is 0 Å². The second-order valence-electron chi connectivity index (χ2n) is 5.25. The Kier molecular flexibility index (Phi) is 6.56. The van der Waals surface area contributed by atoms with Crippen molar-refractivity contribution in [2.45, 2.75) is 26.7 Å². The number of nitrogens with one attached hydrogen (secondary N) is 1. The molecule has 1 rings (SSSR count). The van der Waals surface area contributed by atoms with Crippen LogP contribution in [0.15, 0.2) is 24.3 Å². The van der Waals surface area contributed by atoms with E-state index < -0.39 is 17.3 Å². The van der Waals surface area contributed by atoms with Gasteiger partial charge in [-0.3, -0.25) is 14.4 Å². The van der Waals surface area contributed by atoms with Crippen molar-refractivity contribution >= 4 is 17.8 Å². The smallest absolute Gasteiger partial charge is 0.311 e. The molecule has 0 unspecified atom stereocenters. The molecule has 0 saturated carbocycles. The van der Waals surface area contributed by atoms with Crippen LogP contribution in [0.5, 0.6) is 5.75 Å². The standard InChI is InChI=1S/C16H22N2O5/c1-3-16(4-2,15(21)22)10-18-14(20)11-5-7-12(8-6-11)23-9-13(17)19/h5-8H,3-4,9-10H2,1-2H3,(H2,17,19)(H,18,20)(H,21,22). The summed E-state index contributed by atoms with van der Waals surface area (Å²) in [6.07, 6.45) is 0.859. The number of primary amides is 1. The van der Waals surface area contributed by atoms with Crippen LogP contribution in [0.2, 0.25) is 0 Å². The molecule has 0 radical (unpaired) electrons. The van der Waals surface area contributed by atoms with Gasteiger partial charge in [0.05, 0.1) is 5.41 Å². The van der Waals surface area contributed by atoms with Crippen molar-refractivity contribution in [3.8, 4) is 5.75 Å².